The standard InChI is InChI=1S/C64H61N3OS/c1-37-32-52-60-53(33-37)67-58-46(57-45-19-12-14-22-47(45)64(10,11)61(57)67)21-17-25-56(58)69(60)55-31-28-42(36-51(55)66(52)50-23-16-20-44-43-18-13-15-24-54(43)68-59(44)50)65(48-29-26-40(34-38(48)2)62(4,5)6)49-30-27-41(35-39(49)3)63(7,8)9/h12-26,28-36,41,53H,27H2,1-11H3. The van der Waals surface area contributed by atoms with Crippen molar-refractivity contribution in [2.24, 2.45) is 11.3 Å². The van der Waals surface area contributed by atoms with Gasteiger partial charge in [0.25, 0.3) is 0 Å². The SMILES string of the molecule is CC1=CC2C3=S(c4ccc(N(C5=CCC(C(C)(C)C)C=C5C)c5ccc(C(C)(C)C)cc5C)cc4N(c4cccc5c4oc4ccccc45)C3=C1)c1cccc3c4c(n2c13)C(C)(C)c1ccccc1-4. The van der Waals surface area contributed by atoms with Crippen LogP contribution in [0.15, 0.2) is 182 Å². The third-order valence-electron chi connectivity index (χ3n) is 16.1. The van der Waals surface area contributed by atoms with Crippen LogP contribution in [-0.2, 0) is 10.8 Å². The fourth-order valence-electron chi connectivity index (χ4n) is 12.6. The van der Waals surface area contributed by atoms with Gasteiger partial charge in [0.15, 0.2) is 5.58 Å². The van der Waals surface area contributed by atoms with Crippen LogP contribution in [0.3, 0.4) is 0 Å². The molecule has 2 aliphatic heterocycles. The highest BCUT2D eigenvalue weighted by Crippen LogP contribution is 2.63. The molecule has 0 saturated carbocycles. The number of rotatable bonds is 4. The van der Waals surface area contributed by atoms with Crippen LogP contribution in [0, 0.1) is 18.3 Å². The van der Waals surface area contributed by atoms with Crippen molar-refractivity contribution < 1.29 is 4.42 Å². The van der Waals surface area contributed by atoms with Crippen molar-refractivity contribution in [1.29, 1.82) is 0 Å². The lowest BCUT2D eigenvalue weighted by Gasteiger charge is -2.45. The molecule has 13 rings (SSSR count). The summed E-state index contributed by atoms with van der Waals surface area (Å²) in [7, 11) is -0.392. The van der Waals surface area contributed by atoms with Gasteiger partial charge in [-0.1, -0.05) is 158 Å². The topological polar surface area (TPSA) is 24.6 Å². The molecule has 8 aromatic rings. The smallest absolute Gasteiger partial charge is 0.159 e. The lowest BCUT2D eigenvalue weighted by Crippen LogP contribution is -2.37. The maximum Gasteiger partial charge on any atom is 0.159 e. The molecule has 6 aromatic carbocycles. The average molecular weight is 920 g/mol. The van der Waals surface area contributed by atoms with E-state index in [0.29, 0.717) is 5.92 Å². The minimum absolute atomic E-state index is 0.0321. The largest absolute Gasteiger partial charge is 0.454 e. The van der Waals surface area contributed by atoms with E-state index in [1.54, 1.807) is 0 Å². The molecule has 0 radical (unpaired) electrons. The first-order chi connectivity index (χ1) is 33.0. The van der Waals surface area contributed by atoms with Crippen LogP contribution in [-0.4, -0.2) is 9.43 Å². The molecule has 3 unspecified atom stereocenters. The van der Waals surface area contributed by atoms with E-state index in [9.17, 15) is 0 Å². The summed E-state index contributed by atoms with van der Waals surface area (Å²) in [4.78, 5) is 9.35. The quantitative estimate of drug-likeness (QED) is 0.164. The maximum atomic E-state index is 6.99. The van der Waals surface area contributed by atoms with Crippen molar-refractivity contribution in [2.45, 2.75) is 109 Å². The molecule has 0 saturated heterocycles. The number of hydrogen-bond acceptors (Lipinski definition) is 3. The molecular formula is C64H61N3OS. The van der Waals surface area contributed by atoms with Gasteiger partial charge < -0.3 is 18.8 Å². The number of para-hydroxylation sites is 3. The van der Waals surface area contributed by atoms with Crippen molar-refractivity contribution in [3.05, 3.63) is 191 Å². The van der Waals surface area contributed by atoms with E-state index in [1.165, 1.54) is 93.0 Å². The molecule has 2 aromatic heterocycles. The zero-order valence-corrected chi connectivity index (χ0v) is 42.7. The van der Waals surface area contributed by atoms with Gasteiger partial charge in [0.05, 0.1) is 28.6 Å². The number of aromatic nitrogens is 1. The van der Waals surface area contributed by atoms with Crippen LogP contribution in [0.5, 0.6) is 0 Å². The number of allylic oxidation sites excluding steroid dienone is 7. The third-order valence-corrected chi connectivity index (χ3v) is 18.5. The lowest BCUT2D eigenvalue weighted by molar-refractivity contribution is 0.291. The third kappa shape index (κ3) is 5.99. The van der Waals surface area contributed by atoms with E-state index >= 15 is 0 Å². The molecule has 0 bridgehead atoms. The van der Waals surface area contributed by atoms with Crippen LogP contribution in [0.4, 0.5) is 22.7 Å². The Morgan fingerprint density at radius 1 is 0.725 bits per heavy atom. The fourth-order valence-corrected chi connectivity index (χ4v) is 15.3. The molecule has 3 aliphatic carbocycles. The van der Waals surface area contributed by atoms with Crippen molar-refractivity contribution in [2.75, 3.05) is 9.80 Å². The monoisotopic (exact) mass is 919 g/mol. The first-order valence-electron chi connectivity index (χ1n) is 24.9. The second kappa shape index (κ2) is 14.5. The Hall–Kier alpha value is -6.56. The predicted octanol–water partition coefficient (Wildman–Crippen LogP) is 17.9. The Morgan fingerprint density at radius 2 is 1.48 bits per heavy atom. The summed E-state index contributed by atoms with van der Waals surface area (Å²) in [6.45, 7) is 25.8. The van der Waals surface area contributed by atoms with E-state index in [2.05, 4.69) is 236 Å². The molecule has 3 atom stereocenters. The van der Waals surface area contributed by atoms with Gasteiger partial charge in [-0.05, 0) is 120 Å². The normalized spacial score (nSPS) is 20.0. The summed E-state index contributed by atoms with van der Waals surface area (Å²) in [5.74, 6) is 0.460. The molecule has 0 fully saturated rings. The van der Waals surface area contributed by atoms with Crippen LogP contribution in [0.25, 0.3) is 44.0 Å². The van der Waals surface area contributed by atoms with Gasteiger partial charge >= 0.3 is 0 Å². The van der Waals surface area contributed by atoms with Gasteiger partial charge in [-0.2, -0.15) is 0 Å². The molecule has 4 heterocycles. The lowest BCUT2D eigenvalue weighted by atomic mass is 9.75. The van der Waals surface area contributed by atoms with Gasteiger partial charge in [-0.3, -0.25) is 0 Å². The Balaban J connectivity index is 1.11. The Bertz CT molecular complexity index is 3750. The fraction of sp³-hybridized carbons (Fsp3) is 0.266. The van der Waals surface area contributed by atoms with Crippen LogP contribution < -0.4 is 9.80 Å². The van der Waals surface area contributed by atoms with Gasteiger partial charge in [-0.15, -0.1) is 10.5 Å². The zero-order chi connectivity index (χ0) is 47.6. The van der Waals surface area contributed by atoms with Crippen LogP contribution in [0.1, 0.15) is 104 Å². The van der Waals surface area contributed by atoms with Crippen molar-refractivity contribution >= 4 is 70.9 Å². The molecule has 4 nitrogen and oxygen atoms in total. The number of nitrogens with zero attached hydrogens (tertiary/aromatic N) is 3. The number of hydrogen-bond donors (Lipinski definition) is 0. The Kier molecular flexibility index (Phi) is 8.93. The van der Waals surface area contributed by atoms with Gasteiger partial charge in [-0.25, -0.2) is 0 Å². The zero-order valence-electron chi connectivity index (χ0n) is 41.9. The van der Waals surface area contributed by atoms with Gasteiger partial charge in [0.2, 0.25) is 0 Å². The van der Waals surface area contributed by atoms with E-state index in [1.807, 2.05) is 0 Å². The summed E-state index contributed by atoms with van der Waals surface area (Å²) < 4.78 is 9.75. The highest BCUT2D eigenvalue weighted by Gasteiger charge is 2.47. The van der Waals surface area contributed by atoms with E-state index < -0.39 is 10.5 Å². The second-order valence-corrected chi connectivity index (χ2v) is 24.9. The number of furan rings is 1. The molecule has 5 aliphatic rings. The molecule has 0 N–H and O–H groups in total. The van der Waals surface area contributed by atoms with Crippen molar-refractivity contribution in [1.82, 2.24) is 4.57 Å². The van der Waals surface area contributed by atoms with E-state index in [-0.39, 0.29) is 22.3 Å². The van der Waals surface area contributed by atoms with Gasteiger partial charge in [0, 0.05) is 64.6 Å². The number of aryl methyl sites for hydroxylation is 1. The minimum atomic E-state index is -0.392. The number of fused-ring (bicyclic) bond motifs is 12. The van der Waals surface area contributed by atoms with E-state index in [4.69, 9.17) is 4.42 Å². The Labute approximate surface area is 409 Å². The summed E-state index contributed by atoms with van der Waals surface area (Å²) in [5.41, 5.74) is 21.1. The number of benzene rings is 6. The van der Waals surface area contributed by atoms with Crippen molar-refractivity contribution in [3.8, 4) is 11.1 Å². The highest BCUT2D eigenvalue weighted by molar-refractivity contribution is 8.16. The van der Waals surface area contributed by atoms with Crippen LogP contribution in [0.2, 0.25) is 0 Å². The second-order valence-electron chi connectivity index (χ2n) is 22.9. The molecule has 5 heteroatoms. The summed E-state index contributed by atoms with van der Waals surface area (Å²) in [6, 6.07) is 46.1. The summed E-state index contributed by atoms with van der Waals surface area (Å²) in [6.07, 6.45) is 11.1. The Morgan fingerprint density at radius 3 is 2.26 bits per heavy atom. The first-order valence-corrected chi connectivity index (χ1v) is 26.2. The van der Waals surface area contributed by atoms with Crippen molar-refractivity contribution in [3.63, 3.8) is 0 Å². The average Bonchev–Trinajstić information content (AvgIpc) is 3.95. The predicted molar refractivity (Wildman–Crippen MR) is 293 cm³/mol. The molecule has 0 spiro atoms. The van der Waals surface area contributed by atoms with Crippen LogP contribution >= 0.6 is 10.5 Å². The maximum absolute atomic E-state index is 6.99. The highest BCUT2D eigenvalue weighted by atomic mass is 32.2. The molecule has 0 amide bonds. The molecular weight excluding hydrogens is 859 g/mol. The van der Waals surface area contributed by atoms with Gasteiger partial charge in [0.1, 0.15) is 5.58 Å². The number of anilines is 4. The summed E-state index contributed by atoms with van der Waals surface area (Å²) >= 11 is 0. The first kappa shape index (κ1) is 42.5. The van der Waals surface area contributed by atoms with E-state index in [0.717, 1.165) is 39.7 Å². The molecule has 69 heavy (non-hydrogen) atoms. The minimum Gasteiger partial charge on any atom is -0.454 e. The summed E-state index contributed by atoms with van der Waals surface area (Å²) in [5, 5.41) is 3.63. The molecule has 344 valence electrons.